The maximum Gasteiger partial charge on any atom is 0.256 e. The van der Waals surface area contributed by atoms with Gasteiger partial charge in [-0.05, 0) is 48.2 Å². The van der Waals surface area contributed by atoms with Crippen LogP contribution in [0.4, 0.5) is 5.69 Å². The number of anilines is 1. The number of halogens is 1. The van der Waals surface area contributed by atoms with Gasteiger partial charge in [-0.15, -0.1) is 11.3 Å². The molecule has 5 heteroatoms. The third kappa shape index (κ3) is 3.24. The monoisotopic (exact) mass is 428 g/mol. The van der Waals surface area contributed by atoms with E-state index in [9.17, 15) is 4.79 Å². The van der Waals surface area contributed by atoms with Crippen molar-refractivity contribution in [2.75, 3.05) is 5.32 Å². The van der Waals surface area contributed by atoms with E-state index in [-0.39, 0.29) is 5.91 Å². The van der Waals surface area contributed by atoms with Crippen molar-refractivity contribution in [3.63, 3.8) is 0 Å². The van der Waals surface area contributed by atoms with E-state index in [0.29, 0.717) is 10.6 Å². The van der Waals surface area contributed by atoms with Crippen LogP contribution in [0.5, 0.6) is 0 Å². The molecule has 0 atom stereocenters. The van der Waals surface area contributed by atoms with Gasteiger partial charge in [0.05, 0.1) is 10.2 Å². The number of hydrogen-bond donors (Lipinski definition) is 1. The molecule has 0 aliphatic carbocycles. The molecule has 3 nitrogen and oxygen atoms in total. The van der Waals surface area contributed by atoms with Crippen LogP contribution >= 0.6 is 22.9 Å². The smallest absolute Gasteiger partial charge is 0.256 e. The first-order valence-electron chi connectivity index (χ1n) is 9.56. The SMILES string of the molecule is Cc1c(NC(=O)c2cccc3c(Cl)cccc23)cccc1-c1nc2ccccc2s1. The summed E-state index contributed by atoms with van der Waals surface area (Å²) >= 11 is 7.96. The lowest BCUT2D eigenvalue weighted by Gasteiger charge is -2.13. The molecule has 5 rings (SSSR count). The lowest BCUT2D eigenvalue weighted by molar-refractivity contribution is 0.102. The molecule has 0 radical (unpaired) electrons. The second-order valence-corrected chi connectivity index (χ2v) is 8.50. The summed E-state index contributed by atoms with van der Waals surface area (Å²) in [5.41, 5.74) is 4.37. The van der Waals surface area contributed by atoms with E-state index in [2.05, 4.69) is 11.4 Å². The first-order chi connectivity index (χ1) is 14.6. The van der Waals surface area contributed by atoms with E-state index < -0.39 is 0 Å². The van der Waals surface area contributed by atoms with E-state index >= 15 is 0 Å². The van der Waals surface area contributed by atoms with Crippen molar-refractivity contribution in [1.82, 2.24) is 4.98 Å². The fraction of sp³-hybridized carbons (Fsp3) is 0.0400. The van der Waals surface area contributed by atoms with E-state index in [1.807, 2.05) is 79.7 Å². The minimum atomic E-state index is -0.160. The Hall–Kier alpha value is -3.21. The van der Waals surface area contributed by atoms with Gasteiger partial charge in [0, 0.05) is 27.2 Å². The standard InChI is InChI=1S/C25H17ClN2OS/c1-15-16(25-28-22-12-2-3-14-23(22)30-25)7-6-13-21(15)27-24(29)19-10-4-9-18-17(19)8-5-11-20(18)26/h2-14H,1H3,(H,27,29). The first kappa shape index (κ1) is 18.8. The van der Waals surface area contributed by atoms with E-state index in [1.165, 1.54) is 0 Å². The Morgan fingerprint density at radius 3 is 2.53 bits per heavy atom. The Balaban J connectivity index is 1.52. The molecular formula is C25H17ClN2OS. The van der Waals surface area contributed by atoms with Crippen LogP contribution in [0.15, 0.2) is 78.9 Å². The summed E-state index contributed by atoms with van der Waals surface area (Å²) in [5, 5.41) is 6.36. The second kappa shape index (κ2) is 7.56. The third-order valence-corrected chi connectivity index (χ3v) is 6.62. The number of benzene rings is 4. The summed E-state index contributed by atoms with van der Waals surface area (Å²) in [4.78, 5) is 17.9. The molecule has 1 heterocycles. The van der Waals surface area contributed by atoms with Gasteiger partial charge in [0.1, 0.15) is 5.01 Å². The van der Waals surface area contributed by atoms with Crippen LogP contribution in [0, 0.1) is 6.92 Å². The number of aromatic nitrogens is 1. The van der Waals surface area contributed by atoms with E-state index in [0.717, 1.165) is 42.8 Å². The molecule has 0 spiro atoms. The highest BCUT2D eigenvalue weighted by atomic mass is 35.5. The number of fused-ring (bicyclic) bond motifs is 2. The van der Waals surface area contributed by atoms with Crippen molar-refractivity contribution < 1.29 is 4.79 Å². The van der Waals surface area contributed by atoms with Crippen LogP contribution < -0.4 is 5.32 Å². The van der Waals surface area contributed by atoms with E-state index in [1.54, 1.807) is 11.3 Å². The van der Waals surface area contributed by atoms with Crippen LogP contribution in [-0.4, -0.2) is 10.9 Å². The molecule has 0 bridgehead atoms. The average Bonchev–Trinajstić information content (AvgIpc) is 3.19. The number of nitrogens with zero attached hydrogens (tertiary/aromatic N) is 1. The summed E-state index contributed by atoms with van der Waals surface area (Å²) in [6, 6.07) is 25.2. The van der Waals surface area contributed by atoms with Gasteiger partial charge >= 0.3 is 0 Å². The van der Waals surface area contributed by atoms with E-state index in [4.69, 9.17) is 16.6 Å². The molecule has 5 aromatic rings. The first-order valence-corrected chi connectivity index (χ1v) is 10.8. The average molecular weight is 429 g/mol. The molecule has 0 fully saturated rings. The quantitative estimate of drug-likeness (QED) is 0.327. The van der Waals surface area contributed by atoms with Crippen molar-refractivity contribution >= 4 is 55.5 Å². The molecule has 30 heavy (non-hydrogen) atoms. The van der Waals surface area contributed by atoms with Gasteiger partial charge in [0.15, 0.2) is 0 Å². The topological polar surface area (TPSA) is 42.0 Å². The normalized spacial score (nSPS) is 11.1. The van der Waals surface area contributed by atoms with Crippen LogP contribution in [0.2, 0.25) is 5.02 Å². The van der Waals surface area contributed by atoms with Gasteiger partial charge in [-0.1, -0.05) is 60.1 Å². The molecule has 146 valence electrons. The van der Waals surface area contributed by atoms with Gasteiger partial charge in [0.2, 0.25) is 0 Å². The largest absolute Gasteiger partial charge is 0.322 e. The molecule has 0 aliphatic rings. The molecule has 0 aliphatic heterocycles. The number of amides is 1. The molecular weight excluding hydrogens is 412 g/mol. The van der Waals surface area contributed by atoms with Gasteiger partial charge < -0.3 is 5.32 Å². The zero-order valence-electron chi connectivity index (χ0n) is 16.1. The molecule has 1 amide bonds. The van der Waals surface area contributed by atoms with Crippen molar-refractivity contribution in [3.8, 4) is 10.6 Å². The van der Waals surface area contributed by atoms with Gasteiger partial charge in [0.25, 0.3) is 5.91 Å². The Bertz CT molecular complexity index is 1390. The minimum absolute atomic E-state index is 0.160. The fourth-order valence-electron chi connectivity index (χ4n) is 3.65. The Labute approximate surface area is 183 Å². The lowest BCUT2D eigenvalue weighted by Crippen LogP contribution is -2.13. The number of hydrogen-bond acceptors (Lipinski definition) is 3. The van der Waals surface area contributed by atoms with Gasteiger partial charge in [-0.2, -0.15) is 0 Å². The lowest BCUT2D eigenvalue weighted by atomic mass is 10.0. The van der Waals surface area contributed by atoms with Crippen LogP contribution in [0.3, 0.4) is 0 Å². The number of thiazole rings is 1. The predicted octanol–water partition coefficient (Wildman–Crippen LogP) is 7.33. The summed E-state index contributed by atoms with van der Waals surface area (Å²) in [6.07, 6.45) is 0. The zero-order valence-corrected chi connectivity index (χ0v) is 17.7. The van der Waals surface area contributed by atoms with Gasteiger partial charge in [-0.25, -0.2) is 4.98 Å². The Morgan fingerprint density at radius 1 is 0.900 bits per heavy atom. The molecule has 0 saturated heterocycles. The zero-order chi connectivity index (χ0) is 20.7. The summed E-state index contributed by atoms with van der Waals surface area (Å²) in [6.45, 7) is 2.01. The highest BCUT2D eigenvalue weighted by Crippen LogP contribution is 2.35. The number of rotatable bonds is 3. The molecule has 0 unspecified atom stereocenters. The van der Waals surface area contributed by atoms with Crippen molar-refractivity contribution in [2.45, 2.75) is 6.92 Å². The Kier molecular flexibility index (Phi) is 4.74. The molecule has 1 N–H and O–H groups in total. The summed E-state index contributed by atoms with van der Waals surface area (Å²) in [5.74, 6) is -0.160. The van der Waals surface area contributed by atoms with Crippen LogP contribution in [-0.2, 0) is 0 Å². The molecule has 1 aromatic heterocycles. The highest BCUT2D eigenvalue weighted by Gasteiger charge is 2.15. The predicted molar refractivity (Wildman–Crippen MR) is 127 cm³/mol. The summed E-state index contributed by atoms with van der Waals surface area (Å²) in [7, 11) is 0. The third-order valence-electron chi connectivity index (χ3n) is 5.22. The number of nitrogens with one attached hydrogen (secondary N) is 1. The van der Waals surface area contributed by atoms with Crippen molar-refractivity contribution in [1.29, 1.82) is 0 Å². The van der Waals surface area contributed by atoms with Crippen LogP contribution in [0.25, 0.3) is 31.6 Å². The fourth-order valence-corrected chi connectivity index (χ4v) is 4.94. The maximum atomic E-state index is 13.1. The molecule has 0 saturated carbocycles. The number of para-hydroxylation sites is 1. The van der Waals surface area contributed by atoms with Gasteiger partial charge in [-0.3, -0.25) is 4.79 Å². The van der Waals surface area contributed by atoms with Crippen molar-refractivity contribution in [2.24, 2.45) is 0 Å². The minimum Gasteiger partial charge on any atom is -0.322 e. The van der Waals surface area contributed by atoms with Crippen LogP contribution in [0.1, 0.15) is 15.9 Å². The summed E-state index contributed by atoms with van der Waals surface area (Å²) < 4.78 is 1.15. The number of carbonyl (C=O) groups excluding carboxylic acids is 1. The second-order valence-electron chi connectivity index (χ2n) is 7.06. The highest BCUT2D eigenvalue weighted by molar-refractivity contribution is 7.21. The Morgan fingerprint density at radius 2 is 1.67 bits per heavy atom. The molecule has 4 aromatic carbocycles. The maximum absolute atomic E-state index is 13.1. The number of carbonyl (C=O) groups is 1. The van der Waals surface area contributed by atoms with Crippen molar-refractivity contribution in [3.05, 3.63) is 95.0 Å².